The molecule has 3 aromatic carbocycles. The number of esters is 1. The largest absolute Gasteiger partial charge is 0.507 e. The van der Waals surface area contributed by atoms with Gasteiger partial charge in [0.25, 0.3) is 5.91 Å². The molecular formula is C51H64N4O14. The van der Waals surface area contributed by atoms with Gasteiger partial charge < -0.3 is 58.7 Å². The SMILES string of the molecule is CO/C1=C/C=C/C(C)C(O)C(C)C(O)C(C)C(OC(C)=O)C(C)C(OC)/C=C/OC2(C)Oc3c(C)c(O)c4c(=O)c(c5oc6cc(N7CCN(CC(C)C)CC7)cc(=O)c6nc5c4c3=C2O)NC1=O. The normalized spacial score (nSPS) is 29.2. The number of rotatable bonds is 6. The zero-order chi connectivity index (χ0) is 50.4. The van der Waals surface area contributed by atoms with Gasteiger partial charge in [-0.15, -0.1) is 0 Å². The Kier molecular flexibility index (Phi) is 14.7. The summed E-state index contributed by atoms with van der Waals surface area (Å²) >= 11 is 0. The first-order valence-corrected chi connectivity index (χ1v) is 23.3. The molecule has 18 heteroatoms. The van der Waals surface area contributed by atoms with Crippen LogP contribution < -0.4 is 31.0 Å². The zero-order valence-corrected chi connectivity index (χ0v) is 41.0. The molecule has 5 heterocycles. The van der Waals surface area contributed by atoms with E-state index in [0.29, 0.717) is 24.7 Å². The molecule has 69 heavy (non-hydrogen) atoms. The van der Waals surface area contributed by atoms with Crippen LogP contribution >= 0.6 is 0 Å². The number of aromatic hydroxyl groups is 1. The number of benzene rings is 3. The first-order chi connectivity index (χ1) is 32.6. The predicted molar refractivity (Wildman–Crippen MR) is 260 cm³/mol. The van der Waals surface area contributed by atoms with Gasteiger partial charge in [0.1, 0.15) is 28.8 Å². The zero-order valence-electron chi connectivity index (χ0n) is 41.0. The van der Waals surface area contributed by atoms with Crippen LogP contribution in [0.4, 0.5) is 11.4 Å². The van der Waals surface area contributed by atoms with Crippen LogP contribution in [-0.4, -0.2) is 119 Å². The number of carbonyl (C=O) groups excluding carboxylic acids is 2. The number of aliphatic hydroxyl groups is 3. The highest BCUT2D eigenvalue weighted by Gasteiger charge is 2.44. The number of phenolic OH excluding ortho intramolecular Hbond substituents is 1. The van der Waals surface area contributed by atoms with Crippen molar-refractivity contribution in [2.45, 2.75) is 92.5 Å². The van der Waals surface area contributed by atoms with E-state index >= 15 is 0 Å². The van der Waals surface area contributed by atoms with Crippen LogP contribution in [0.15, 0.2) is 62.5 Å². The number of allylic oxidation sites excluding steroid dienone is 2. The molecule has 4 aliphatic rings. The molecule has 0 spiro atoms. The fourth-order valence-electron chi connectivity index (χ4n) is 9.83. The van der Waals surface area contributed by atoms with Crippen molar-refractivity contribution >= 4 is 62.0 Å². The second kappa shape index (κ2) is 20.0. The van der Waals surface area contributed by atoms with Crippen molar-refractivity contribution in [1.82, 2.24) is 9.88 Å². The summed E-state index contributed by atoms with van der Waals surface area (Å²) in [6.07, 6.45) is 3.14. The molecule has 1 aromatic heterocycles. The number of aliphatic hydroxyl groups excluding tert-OH is 3. The van der Waals surface area contributed by atoms with E-state index in [1.807, 2.05) is 0 Å². The van der Waals surface area contributed by atoms with E-state index in [9.17, 15) is 39.6 Å². The molecule has 1 amide bonds. The molecule has 1 fully saturated rings. The van der Waals surface area contributed by atoms with Crippen molar-refractivity contribution in [1.29, 1.82) is 0 Å². The molecule has 0 saturated carbocycles. The van der Waals surface area contributed by atoms with Gasteiger partial charge in [0, 0.05) is 106 Å². The average molecular weight is 957 g/mol. The molecule has 8 rings (SSSR count). The van der Waals surface area contributed by atoms with Gasteiger partial charge in [-0.2, -0.15) is 0 Å². The van der Waals surface area contributed by atoms with Crippen molar-refractivity contribution in [3.63, 3.8) is 0 Å². The first kappa shape index (κ1) is 50.7. The lowest BCUT2D eigenvalue weighted by Gasteiger charge is -2.38. The number of anilines is 2. The van der Waals surface area contributed by atoms with Crippen molar-refractivity contribution < 1.29 is 58.1 Å². The van der Waals surface area contributed by atoms with Crippen LogP contribution in [0.2, 0.25) is 0 Å². The molecule has 0 aliphatic carbocycles. The Morgan fingerprint density at radius 3 is 2.29 bits per heavy atom. The van der Waals surface area contributed by atoms with Gasteiger partial charge in [-0.05, 0) is 25.0 Å². The summed E-state index contributed by atoms with van der Waals surface area (Å²) in [6, 6.07) is 3.13. The number of hydrogen-bond donors (Lipinski definition) is 5. The third-order valence-electron chi connectivity index (χ3n) is 13.8. The second-order valence-electron chi connectivity index (χ2n) is 19.1. The molecule has 1 saturated heterocycles. The van der Waals surface area contributed by atoms with Gasteiger partial charge in [-0.3, -0.25) is 24.1 Å². The molecule has 372 valence electrons. The van der Waals surface area contributed by atoms with Crippen molar-refractivity contribution in [2.75, 3.05) is 57.2 Å². The third-order valence-corrected chi connectivity index (χ3v) is 13.8. The fraction of sp³-hybridized carbons (Fsp3) is 0.510. The Bertz CT molecular complexity index is 2920. The van der Waals surface area contributed by atoms with Crippen LogP contribution in [0.5, 0.6) is 11.5 Å². The average Bonchev–Trinajstić information content (AvgIpc) is 3.57. The van der Waals surface area contributed by atoms with E-state index in [1.54, 1.807) is 39.8 Å². The van der Waals surface area contributed by atoms with E-state index in [4.69, 9.17) is 33.1 Å². The predicted octanol–water partition coefficient (Wildman–Crippen LogP) is 4.92. The van der Waals surface area contributed by atoms with Crippen LogP contribution in [0, 0.1) is 36.5 Å². The summed E-state index contributed by atoms with van der Waals surface area (Å²) in [7, 11) is 2.69. The summed E-state index contributed by atoms with van der Waals surface area (Å²) < 4.78 is 36.0. The standard InChI is InChI=1S/C51H64N4O14/c1-24(2)23-54-16-18-55(19-17-54)31-21-32(57)39-35(22-31)68-48-40(52-39)36-37-44(60)29(7)47-38(36)49(62)51(9,69-47)66-20-15-33(64-10)26(4)46(67-30(8)56)28(6)43(59)27(5)42(58)25(3)13-12-14-34(65-11)50(63)53-41(48)45(37)61/h12-15,20-22,24-28,33,42-43,46,58-60,62H,16-19,23H2,1-11H3,(H,53,63)/b13-12+,20-15+,34-14+. The smallest absolute Gasteiger partial charge is 0.307 e. The molecule has 9 unspecified atom stereocenters. The lowest BCUT2D eigenvalue weighted by Crippen LogP contribution is -2.47. The summed E-state index contributed by atoms with van der Waals surface area (Å²) in [5.74, 6) is -7.11. The number of hydrogen-bond acceptors (Lipinski definition) is 17. The van der Waals surface area contributed by atoms with Crippen molar-refractivity contribution in [3.05, 3.63) is 79.7 Å². The topological polar surface area (TPSA) is 240 Å². The Morgan fingerprint density at radius 2 is 1.65 bits per heavy atom. The summed E-state index contributed by atoms with van der Waals surface area (Å²) in [4.78, 5) is 64.8. The molecule has 5 bridgehead atoms. The van der Waals surface area contributed by atoms with Gasteiger partial charge in [-0.1, -0.05) is 53.7 Å². The van der Waals surface area contributed by atoms with Crippen molar-refractivity contribution in [2.24, 2.45) is 29.6 Å². The number of methoxy groups -OCH3 is 2. The fourth-order valence-corrected chi connectivity index (χ4v) is 9.83. The number of fused-ring (bicyclic) bond motifs is 14. The van der Waals surface area contributed by atoms with E-state index < -0.39 is 93.8 Å². The van der Waals surface area contributed by atoms with Gasteiger partial charge in [0.2, 0.25) is 10.9 Å². The molecule has 18 nitrogen and oxygen atoms in total. The van der Waals surface area contributed by atoms with Gasteiger partial charge in [0.05, 0.1) is 42.3 Å². The number of amides is 1. The van der Waals surface area contributed by atoms with E-state index in [1.165, 1.54) is 65.5 Å². The number of aromatic nitrogens is 1. The van der Waals surface area contributed by atoms with Crippen LogP contribution in [0.25, 0.3) is 38.7 Å². The van der Waals surface area contributed by atoms with Gasteiger partial charge in [0.15, 0.2) is 28.2 Å². The molecule has 4 aliphatic heterocycles. The molecule has 4 aromatic rings. The van der Waals surface area contributed by atoms with E-state index in [0.717, 1.165) is 19.6 Å². The summed E-state index contributed by atoms with van der Waals surface area (Å²) in [6.45, 7) is 19.1. The van der Waals surface area contributed by atoms with E-state index in [-0.39, 0.29) is 55.3 Å². The molecule has 0 radical (unpaired) electrons. The van der Waals surface area contributed by atoms with Crippen molar-refractivity contribution in [3.8, 4) is 11.5 Å². The van der Waals surface area contributed by atoms with Gasteiger partial charge >= 0.3 is 11.8 Å². The maximum atomic E-state index is 14.9. The number of piperazine rings is 1. The van der Waals surface area contributed by atoms with Crippen LogP contribution in [0.3, 0.4) is 0 Å². The number of nitrogens with one attached hydrogen (secondary N) is 1. The number of ether oxygens (including phenoxy) is 5. The monoisotopic (exact) mass is 956 g/mol. The summed E-state index contributed by atoms with van der Waals surface area (Å²) in [5, 5.41) is 49.2. The Hall–Kier alpha value is -6.21. The number of nitrogens with zero attached hydrogens (tertiary/aromatic N) is 3. The minimum Gasteiger partial charge on any atom is -0.507 e. The third kappa shape index (κ3) is 9.59. The first-order valence-electron chi connectivity index (χ1n) is 23.3. The molecule has 9 atom stereocenters. The number of phenols is 1. The maximum absolute atomic E-state index is 14.9. The summed E-state index contributed by atoms with van der Waals surface area (Å²) in [5.41, 5.74) is -1.80. The molecule has 5 N–H and O–H groups in total. The highest BCUT2D eigenvalue weighted by molar-refractivity contribution is 6.16. The Balaban J connectivity index is 1.47. The lowest BCUT2D eigenvalue weighted by atomic mass is 9.78. The molecular weight excluding hydrogens is 893 g/mol. The highest BCUT2D eigenvalue weighted by Crippen LogP contribution is 2.42. The van der Waals surface area contributed by atoms with Gasteiger partial charge in [-0.25, -0.2) is 4.98 Å². The number of carbonyl (C=O) groups is 2. The lowest BCUT2D eigenvalue weighted by molar-refractivity contribution is -0.160. The minimum atomic E-state index is -2.00. The Morgan fingerprint density at radius 1 is 0.957 bits per heavy atom. The maximum Gasteiger partial charge on any atom is 0.307 e. The Labute approximate surface area is 399 Å². The quantitative estimate of drug-likeness (QED) is 0.0979. The second-order valence-corrected chi connectivity index (χ2v) is 19.1. The van der Waals surface area contributed by atoms with Crippen LogP contribution in [0.1, 0.15) is 61.0 Å². The van der Waals surface area contributed by atoms with E-state index in [2.05, 4.69) is 29.0 Å². The highest BCUT2D eigenvalue weighted by atomic mass is 16.7. The minimum absolute atomic E-state index is 0.0114. The van der Waals surface area contributed by atoms with Crippen LogP contribution in [-0.2, 0) is 28.5 Å².